The summed E-state index contributed by atoms with van der Waals surface area (Å²) in [6.45, 7) is 5.46. The number of ketones is 1. The molecule has 2 aromatic carbocycles. The molecule has 0 fully saturated rings. The number of nitrogens with one attached hydrogen (secondary N) is 2. The monoisotopic (exact) mass is 507 g/mol. The molecule has 0 unspecified atom stereocenters. The minimum atomic E-state index is -0.0225. The summed E-state index contributed by atoms with van der Waals surface area (Å²) >= 11 is 0. The van der Waals surface area contributed by atoms with Crippen LogP contribution in [0.25, 0.3) is 11.1 Å². The zero-order valence-corrected chi connectivity index (χ0v) is 22.6. The largest absolute Gasteiger partial charge is 0.396 e. The van der Waals surface area contributed by atoms with Gasteiger partial charge in [0.1, 0.15) is 0 Å². The zero-order valence-electron chi connectivity index (χ0n) is 22.6. The number of carbonyl (C=O) groups excluding carboxylic acids is 2. The van der Waals surface area contributed by atoms with Gasteiger partial charge in [-0.2, -0.15) is 0 Å². The number of nitrogens with zero attached hydrogens (tertiary/aromatic N) is 1. The number of allylic oxidation sites excluding steroid dienone is 1. The summed E-state index contributed by atoms with van der Waals surface area (Å²) in [5.41, 5.74) is 5.43. The van der Waals surface area contributed by atoms with E-state index in [0.29, 0.717) is 50.0 Å². The van der Waals surface area contributed by atoms with E-state index < -0.39 is 0 Å². The molecule has 0 bridgehead atoms. The van der Waals surface area contributed by atoms with Crippen molar-refractivity contribution in [1.82, 2.24) is 4.90 Å². The van der Waals surface area contributed by atoms with Crippen molar-refractivity contribution in [1.29, 1.82) is 5.41 Å². The number of benzene rings is 2. The Morgan fingerprint density at radius 2 is 1.78 bits per heavy atom. The molecular weight excluding hydrogens is 466 g/mol. The predicted molar refractivity (Wildman–Crippen MR) is 151 cm³/mol. The first kappa shape index (κ1) is 29.9. The van der Waals surface area contributed by atoms with Crippen molar-refractivity contribution >= 4 is 23.1 Å². The lowest BCUT2D eigenvalue weighted by Crippen LogP contribution is -2.32. The van der Waals surface area contributed by atoms with Gasteiger partial charge in [0.25, 0.3) is 5.91 Å². The topological polar surface area (TPSA) is 103 Å². The molecule has 0 spiro atoms. The maximum Gasteiger partial charge on any atom is 0.253 e. The van der Waals surface area contributed by atoms with Crippen molar-refractivity contribution in [3.05, 3.63) is 65.2 Å². The first-order valence-corrected chi connectivity index (χ1v) is 13.0. The number of anilines is 1. The third-order valence-corrected chi connectivity index (χ3v) is 6.24. The number of aliphatic hydroxyl groups is 1. The van der Waals surface area contributed by atoms with Crippen LogP contribution in [0.5, 0.6) is 0 Å². The van der Waals surface area contributed by atoms with Crippen molar-refractivity contribution in [3.63, 3.8) is 0 Å². The molecule has 1 amide bonds. The van der Waals surface area contributed by atoms with Crippen LogP contribution in [0.3, 0.4) is 0 Å². The van der Waals surface area contributed by atoms with E-state index in [4.69, 9.17) is 15.3 Å². The number of hydrogen-bond acceptors (Lipinski definition) is 6. The molecule has 0 aromatic heterocycles. The standard InChI is InChI=1S/C30H41N3O4/c1-5-17-33(18-7-9-22(6-2)29(35)10-8-19-34)30(36)24-13-11-23(12-14-24)25-15-16-26(27(31)21-37-4)28(20-25)32-3/h9,11-16,20,31-32,34H,5-8,10,17-19,21H2,1-4H3/b22-9-,31-27?. The highest BCUT2D eigenvalue weighted by Gasteiger charge is 2.16. The van der Waals surface area contributed by atoms with Gasteiger partial charge in [0.2, 0.25) is 0 Å². The molecule has 0 aliphatic carbocycles. The van der Waals surface area contributed by atoms with Crippen molar-refractivity contribution in [3.8, 4) is 11.1 Å². The second kappa shape index (κ2) is 15.7. The summed E-state index contributed by atoms with van der Waals surface area (Å²) in [7, 11) is 3.41. The van der Waals surface area contributed by atoms with Gasteiger partial charge in [-0.3, -0.25) is 9.59 Å². The molecule has 7 nitrogen and oxygen atoms in total. The lowest BCUT2D eigenvalue weighted by atomic mass is 9.99. The molecule has 3 N–H and O–H groups in total. The molecule has 0 saturated heterocycles. The fraction of sp³-hybridized carbons (Fsp3) is 0.433. The summed E-state index contributed by atoms with van der Waals surface area (Å²) in [6.07, 6.45) is 4.89. The Morgan fingerprint density at radius 3 is 2.38 bits per heavy atom. The van der Waals surface area contributed by atoms with Crippen LogP contribution in [0.4, 0.5) is 5.69 Å². The van der Waals surface area contributed by atoms with Gasteiger partial charge in [0.15, 0.2) is 5.78 Å². The van der Waals surface area contributed by atoms with E-state index in [0.717, 1.165) is 34.4 Å². The summed E-state index contributed by atoms with van der Waals surface area (Å²) in [5, 5.41) is 20.3. The predicted octanol–water partition coefficient (Wildman–Crippen LogP) is 5.33. The first-order chi connectivity index (χ1) is 17.9. The quantitative estimate of drug-likeness (QED) is 0.211. The zero-order chi connectivity index (χ0) is 27.2. The van der Waals surface area contributed by atoms with Crippen molar-refractivity contribution in [2.45, 2.75) is 46.0 Å². The van der Waals surface area contributed by atoms with E-state index in [1.165, 1.54) is 0 Å². The fourth-order valence-corrected chi connectivity index (χ4v) is 4.24. The Labute approximate surface area is 221 Å². The SMILES string of the molecule is CCCN(CC/C=C(/CC)C(=O)CCCO)C(=O)c1ccc(-c2ccc(C(=N)COC)c(NC)c2)cc1. The van der Waals surface area contributed by atoms with Crippen molar-refractivity contribution in [2.75, 3.05) is 45.8 Å². The van der Waals surface area contributed by atoms with Crippen LogP contribution in [0.15, 0.2) is 54.1 Å². The number of carbonyl (C=O) groups is 2. The normalized spacial score (nSPS) is 11.3. The van der Waals surface area contributed by atoms with Crippen molar-refractivity contribution < 1.29 is 19.4 Å². The number of Topliss-reactive ketones (excluding diaryl/α,β-unsaturated/α-hetero) is 1. The average molecular weight is 508 g/mol. The van der Waals surface area contributed by atoms with Crippen LogP contribution in [-0.4, -0.2) is 67.9 Å². The van der Waals surface area contributed by atoms with Crippen LogP contribution in [0, 0.1) is 5.41 Å². The summed E-state index contributed by atoms with van der Waals surface area (Å²) in [5.74, 6) is 0.0521. The molecular formula is C30H41N3O4. The van der Waals surface area contributed by atoms with Crippen LogP contribution in [-0.2, 0) is 9.53 Å². The Hall–Kier alpha value is -3.29. The summed E-state index contributed by atoms with van der Waals surface area (Å²) < 4.78 is 5.10. The Bertz CT molecular complexity index is 1080. The van der Waals surface area contributed by atoms with E-state index in [-0.39, 0.29) is 24.9 Å². The second-order valence-corrected chi connectivity index (χ2v) is 8.91. The van der Waals surface area contributed by atoms with Gasteiger partial charge in [0.05, 0.1) is 12.3 Å². The minimum absolute atomic E-state index is 0.0152. The number of amides is 1. The number of aliphatic hydroxyl groups excluding tert-OH is 1. The van der Waals surface area contributed by atoms with Crippen LogP contribution in [0.2, 0.25) is 0 Å². The first-order valence-electron chi connectivity index (χ1n) is 13.0. The number of rotatable bonds is 16. The molecule has 0 aliphatic heterocycles. The van der Waals surface area contributed by atoms with E-state index >= 15 is 0 Å². The molecule has 200 valence electrons. The minimum Gasteiger partial charge on any atom is -0.396 e. The molecule has 0 saturated carbocycles. The molecule has 2 aromatic rings. The van der Waals surface area contributed by atoms with Gasteiger partial charge >= 0.3 is 0 Å². The highest BCUT2D eigenvalue weighted by Crippen LogP contribution is 2.27. The van der Waals surface area contributed by atoms with Crippen LogP contribution >= 0.6 is 0 Å². The lowest BCUT2D eigenvalue weighted by Gasteiger charge is -2.22. The molecule has 0 aliphatic rings. The van der Waals surface area contributed by atoms with Gasteiger partial charge in [-0.15, -0.1) is 0 Å². The lowest BCUT2D eigenvalue weighted by molar-refractivity contribution is -0.116. The van der Waals surface area contributed by atoms with Gasteiger partial charge in [-0.05, 0) is 60.6 Å². The van der Waals surface area contributed by atoms with E-state index in [9.17, 15) is 9.59 Å². The molecule has 0 heterocycles. The second-order valence-electron chi connectivity index (χ2n) is 8.91. The van der Waals surface area contributed by atoms with Crippen LogP contribution < -0.4 is 5.32 Å². The Morgan fingerprint density at radius 1 is 1.08 bits per heavy atom. The third kappa shape index (κ3) is 8.65. The third-order valence-electron chi connectivity index (χ3n) is 6.24. The summed E-state index contributed by atoms with van der Waals surface area (Å²) in [4.78, 5) is 27.4. The van der Waals surface area contributed by atoms with Gasteiger partial charge in [-0.25, -0.2) is 0 Å². The Kier molecular flexibility index (Phi) is 12.7. The van der Waals surface area contributed by atoms with E-state index in [1.807, 2.05) is 74.3 Å². The number of hydrogen-bond donors (Lipinski definition) is 3. The number of ether oxygens (including phenoxy) is 1. The maximum atomic E-state index is 13.2. The molecule has 0 atom stereocenters. The molecule has 2 rings (SSSR count). The van der Waals surface area contributed by atoms with E-state index in [1.54, 1.807) is 7.11 Å². The summed E-state index contributed by atoms with van der Waals surface area (Å²) in [6, 6.07) is 13.5. The average Bonchev–Trinajstić information content (AvgIpc) is 2.92. The molecule has 0 radical (unpaired) electrons. The molecule has 7 heteroatoms. The fourth-order valence-electron chi connectivity index (χ4n) is 4.24. The van der Waals surface area contributed by atoms with Gasteiger partial charge < -0.3 is 25.5 Å². The highest BCUT2D eigenvalue weighted by molar-refractivity contribution is 6.04. The number of methoxy groups -OCH3 is 1. The van der Waals surface area contributed by atoms with Crippen LogP contribution in [0.1, 0.15) is 61.9 Å². The smallest absolute Gasteiger partial charge is 0.253 e. The highest BCUT2D eigenvalue weighted by atomic mass is 16.5. The Balaban J connectivity index is 2.14. The van der Waals surface area contributed by atoms with E-state index in [2.05, 4.69) is 5.32 Å². The van der Waals surface area contributed by atoms with Crippen molar-refractivity contribution in [2.24, 2.45) is 0 Å². The molecule has 37 heavy (non-hydrogen) atoms. The maximum absolute atomic E-state index is 13.2. The van der Waals surface area contributed by atoms with Gasteiger partial charge in [0, 0.05) is 57.1 Å². The van der Waals surface area contributed by atoms with Gasteiger partial charge in [-0.1, -0.05) is 44.2 Å².